The molecule has 0 saturated heterocycles. The fourth-order valence-corrected chi connectivity index (χ4v) is 0.604. The molecule has 50 valence electrons. The summed E-state index contributed by atoms with van der Waals surface area (Å²) in [5.74, 6) is 0.0278. The zero-order chi connectivity index (χ0) is 6.57. The molecule has 2 N–H and O–H groups in total. The third-order valence-corrected chi connectivity index (χ3v) is 1.25. The van der Waals surface area contributed by atoms with Gasteiger partial charge in [-0.2, -0.15) is 0 Å². The van der Waals surface area contributed by atoms with Crippen LogP contribution in [0.25, 0.3) is 0 Å². The van der Waals surface area contributed by atoms with Crippen molar-refractivity contribution in [2.45, 2.75) is 33.0 Å². The first-order chi connectivity index (χ1) is 3.68. The standard InChI is InChI=1S/C6H14O2/c1-3-4-5(2)6(7)8/h5-8H,3-4H2,1-2H3. The van der Waals surface area contributed by atoms with Crippen molar-refractivity contribution in [3.8, 4) is 0 Å². The third-order valence-electron chi connectivity index (χ3n) is 1.25. The van der Waals surface area contributed by atoms with Gasteiger partial charge < -0.3 is 10.2 Å². The molecule has 0 radical (unpaired) electrons. The van der Waals surface area contributed by atoms with Gasteiger partial charge in [0.2, 0.25) is 0 Å². The van der Waals surface area contributed by atoms with Crippen LogP contribution in [-0.4, -0.2) is 16.5 Å². The molecule has 0 rings (SSSR count). The van der Waals surface area contributed by atoms with Gasteiger partial charge >= 0.3 is 0 Å². The second-order valence-corrected chi connectivity index (χ2v) is 2.18. The van der Waals surface area contributed by atoms with Crippen LogP contribution >= 0.6 is 0 Å². The van der Waals surface area contributed by atoms with Gasteiger partial charge in [0.25, 0.3) is 0 Å². The van der Waals surface area contributed by atoms with Crippen molar-refractivity contribution in [1.82, 2.24) is 0 Å². The zero-order valence-corrected chi connectivity index (χ0v) is 5.46. The Bertz CT molecular complexity index is 52.5. The second kappa shape index (κ2) is 3.87. The van der Waals surface area contributed by atoms with E-state index < -0.39 is 6.29 Å². The van der Waals surface area contributed by atoms with E-state index in [-0.39, 0.29) is 5.92 Å². The lowest BCUT2D eigenvalue weighted by molar-refractivity contribution is -0.0804. The van der Waals surface area contributed by atoms with Crippen LogP contribution in [0, 0.1) is 5.92 Å². The van der Waals surface area contributed by atoms with E-state index in [1.54, 1.807) is 0 Å². The molecule has 0 aromatic heterocycles. The summed E-state index contributed by atoms with van der Waals surface area (Å²) in [5, 5.41) is 17.0. The Morgan fingerprint density at radius 1 is 1.38 bits per heavy atom. The van der Waals surface area contributed by atoms with Crippen LogP contribution in [0.15, 0.2) is 0 Å². The Morgan fingerprint density at radius 3 is 2.00 bits per heavy atom. The predicted molar refractivity (Wildman–Crippen MR) is 32.3 cm³/mol. The van der Waals surface area contributed by atoms with Crippen molar-refractivity contribution in [2.75, 3.05) is 0 Å². The summed E-state index contributed by atoms with van der Waals surface area (Å²) < 4.78 is 0. The lowest BCUT2D eigenvalue weighted by Crippen LogP contribution is -2.15. The Balaban J connectivity index is 3.17. The van der Waals surface area contributed by atoms with Gasteiger partial charge in [0.1, 0.15) is 0 Å². The lowest BCUT2D eigenvalue weighted by atomic mass is 10.1. The van der Waals surface area contributed by atoms with Gasteiger partial charge in [-0.25, -0.2) is 0 Å². The third kappa shape index (κ3) is 2.99. The molecule has 2 nitrogen and oxygen atoms in total. The molecule has 0 amide bonds. The minimum Gasteiger partial charge on any atom is -0.368 e. The number of aliphatic hydroxyl groups is 2. The van der Waals surface area contributed by atoms with Crippen molar-refractivity contribution in [2.24, 2.45) is 5.92 Å². The summed E-state index contributed by atoms with van der Waals surface area (Å²) >= 11 is 0. The molecular formula is C6H14O2. The fourth-order valence-electron chi connectivity index (χ4n) is 0.604. The number of hydrogen-bond acceptors (Lipinski definition) is 2. The van der Waals surface area contributed by atoms with Crippen molar-refractivity contribution in [3.05, 3.63) is 0 Å². The topological polar surface area (TPSA) is 40.5 Å². The van der Waals surface area contributed by atoms with E-state index in [2.05, 4.69) is 0 Å². The summed E-state index contributed by atoms with van der Waals surface area (Å²) in [6.07, 6.45) is 0.770. The molecule has 1 unspecified atom stereocenters. The van der Waals surface area contributed by atoms with Gasteiger partial charge in [-0.05, 0) is 6.42 Å². The van der Waals surface area contributed by atoms with Crippen LogP contribution < -0.4 is 0 Å². The first kappa shape index (κ1) is 7.92. The van der Waals surface area contributed by atoms with E-state index in [0.29, 0.717) is 0 Å². The van der Waals surface area contributed by atoms with Crippen LogP contribution in [0.4, 0.5) is 0 Å². The van der Waals surface area contributed by atoms with Crippen LogP contribution in [-0.2, 0) is 0 Å². The quantitative estimate of drug-likeness (QED) is 0.536. The van der Waals surface area contributed by atoms with Gasteiger partial charge in [0.15, 0.2) is 6.29 Å². The molecule has 0 heterocycles. The SMILES string of the molecule is CCCC(C)C(O)O. The van der Waals surface area contributed by atoms with Crippen LogP contribution in [0.1, 0.15) is 26.7 Å². The number of rotatable bonds is 3. The molecule has 0 aromatic rings. The molecule has 0 spiro atoms. The van der Waals surface area contributed by atoms with Crippen molar-refractivity contribution in [1.29, 1.82) is 0 Å². The molecule has 2 heteroatoms. The Hall–Kier alpha value is -0.0800. The molecule has 0 aliphatic rings. The normalized spacial score (nSPS) is 14.6. The highest BCUT2D eigenvalue weighted by Gasteiger charge is 2.07. The maximum atomic E-state index is 8.51. The van der Waals surface area contributed by atoms with Crippen molar-refractivity contribution >= 4 is 0 Å². The van der Waals surface area contributed by atoms with E-state index in [9.17, 15) is 0 Å². The summed E-state index contributed by atoms with van der Waals surface area (Å²) in [6.45, 7) is 3.85. The molecule has 0 saturated carbocycles. The summed E-state index contributed by atoms with van der Waals surface area (Å²) in [7, 11) is 0. The van der Waals surface area contributed by atoms with Gasteiger partial charge in [-0.3, -0.25) is 0 Å². The number of aliphatic hydroxyl groups excluding tert-OH is 1. The fraction of sp³-hybridized carbons (Fsp3) is 1.00. The molecule has 0 aliphatic carbocycles. The van der Waals surface area contributed by atoms with E-state index in [4.69, 9.17) is 10.2 Å². The maximum Gasteiger partial charge on any atom is 0.154 e. The lowest BCUT2D eigenvalue weighted by Gasteiger charge is -2.10. The van der Waals surface area contributed by atoms with Gasteiger partial charge in [-0.1, -0.05) is 20.3 Å². The molecule has 0 fully saturated rings. The predicted octanol–water partition coefficient (Wildman–Crippen LogP) is 0.733. The maximum absolute atomic E-state index is 8.51. The molecule has 1 atom stereocenters. The highest BCUT2D eigenvalue weighted by molar-refractivity contribution is 4.50. The zero-order valence-electron chi connectivity index (χ0n) is 5.46. The number of hydrogen-bond donors (Lipinski definition) is 2. The van der Waals surface area contributed by atoms with Crippen LogP contribution in [0.2, 0.25) is 0 Å². The second-order valence-electron chi connectivity index (χ2n) is 2.18. The van der Waals surface area contributed by atoms with Crippen molar-refractivity contribution in [3.63, 3.8) is 0 Å². The largest absolute Gasteiger partial charge is 0.368 e. The Morgan fingerprint density at radius 2 is 1.88 bits per heavy atom. The molecule has 0 aliphatic heterocycles. The summed E-state index contributed by atoms with van der Waals surface area (Å²) in [6, 6.07) is 0. The van der Waals surface area contributed by atoms with E-state index in [1.165, 1.54) is 0 Å². The first-order valence-electron chi connectivity index (χ1n) is 3.04. The summed E-state index contributed by atoms with van der Waals surface area (Å²) in [5.41, 5.74) is 0. The molecule has 0 aromatic carbocycles. The van der Waals surface area contributed by atoms with Crippen LogP contribution in [0.3, 0.4) is 0 Å². The van der Waals surface area contributed by atoms with Crippen LogP contribution in [0.5, 0.6) is 0 Å². The van der Waals surface area contributed by atoms with Crippen molar-refractivity contribution < 1.29 is 10.2 Å². The Labute approximate surface area is 50.2 Å². The molecule has 0 bridgehead atoms. The minimum atomic E-state index is -1.13. The van der Waals surface area contributed by atoms with Gasteiger partial charge in [0.05, 0.1) is 0 Å². The van der Waals surface area contributed by atoms with E-state index in [0.717, 1.165) is 12.8 Å². The molecule has 8 heavy (non-hydrogen) atoms. The van der Waals surface area contributed by atoms with Gasteiger partial charge in [-0.15, -0.1) is 0 Å². The minimum absolute atomic E-state index is 0.0278. The highest BCUT2D eigenvalue weighted by Crippen LogP contribution is 2.06. The highest BCUT2D eigenvalue weighted by atomic mass is 16.5. The van der Waals surface area contributed by atoms with E-state index in [1.807, 2.05) is 13.8 Å². The monoisotopic (exact) mass is 118 g/mol. The Kier molecular flexibility index (Phi) is 3.83. The summed E-state index contributed by atoms with van der Waals surface area (Å²) in [4.78, 5) is 0. The van der Waals surface area contributed by atoms with E-state index >= 15 is 0 Å². The van der Waals surface area contributed by atoms with Gasteiger partial charge in [0, 0.05) is 5.92 Å². The average molecular weight is 118 g/mol. The smallest absolute Gasteiger partial charge is 0.154 e. The first-order valence-corrected chi connectivity index (χ1v) is 3.04. The average Bonchev–Trinajstić information content (AvgIpc) is 1.67. The molecular weight excluding hydrogens is 104 g/mol.